The van der Waals surface area contributed by atoms with Gasteiger partial charge in [-0.25, -0.2) is 0 Å². The highest BCUT2D eigenvalue weighted by Crippen LogP contribution is 2.24. The maximum absolute atomic E-state index is 9.76. The Balaban J connectivity index is 2.02. The van der Waals surface area contributed by atoms with Gasteiger partial charge in [0, 0.05) is 23.5 Å². The molecule has 0 unspecified atom stereocenters. The van der Waals surface area contributed by atoms with Gasteiger partial charge in [-0.2, -0.15) is 0 Å². The SMILES string of the molecule is CCCc1ccc(NCc2c(N)cccc2O)cc1. The van der Waals surface area contributed by atoms with Crippen LogP contribution in [0.2, 0.25) is 0 Å². The van der Waals surface area contributed by atoms with Gasteiger partial charge in [0.25, 0.3) is 0 Å². The quantitative estimate of drug-likeness (QED) is 0.717. The molecule has 100 valence electrons. The molecule has 0 saturated carbocycles. The summed E-state index contributed by atoms with van der Waals surface area (Å²) in [6, 6.07) is 13.6. The van der Waals surface area contributed by atoms with E-state index in [0.717, 1.165) is 24.1 Å². The van der Waals surface area contributed by atoms with Crippen molar-refractivity contribution >= 4 is 11.4 Å². The first kappa shape index (κ1) is 13.3. The fourth-order valence-corrected chi connectivity index (χ4v) is 2.05. The number of nitrogen functional groups attached to an aromatic ring is 1. The average molecular weight is 256 g/mol. The van der Waals surface area contributed by atoms with Crippen LogP contribution in [0.5, 0.6) is 5.75 Å². The summed E-state index contributed by atoms with van der Waals surface area (Å²) in [5, 5.41) is 13.0. The van der Waals surface area contributed by atoms with Crippen LogP contribution >= 0.6 is 0 Å². The van der Waals surface area contributed by atoms with Crippen molar-refractivity contribution in [1.82, 2.24) is 0 Å². The van der Waals surface area contributed by atoms with Crippen molar-refractivity contribution in [3.05, 3.63) is 53.6 Å². The molecule has 0 heterocycles. The van der Waals surface area contributed by atoms with E-state index in [9.17, 15) is 5.11 Å². The van der Waals surface area contributed by atoms with Crippen LogP contribution in [0.15, 0.2) is 42.5 Å². The highest BCUT2D eigenvalue weighted by molar-refractivity contribution is 5.56. The number of rotatable bonds is 5. The van der Waals surface area contributed by atoms with Crippen LogP contribution in [0.3, 0.4) is 0 Å². The lowest BCUT2D eigenvalue weighted by molar-refractivity contribution is 0.469. The number of nitrogens with one attached hydrogen (secondary N) is 1. The number of phenolic OH excluding ortho intramolecular Hbond substituents is 1. The van der Waals surface area contributed by atoms with E-state index in [-0.39, 0.29) is 5.75 Å². The van der Waals surface area contributed by atoms with Gasteiger partial charge in [0.05, 0.1) is 0 Å². The Hall–Kier alpha value is -2.16. The molecular weight excluding hydrogens is 236 g/mol. The molecule has 0 atom stereocenters. The van der Waals surface area contributed by atoms with Crippen molar-refractivity contribution in [3.63, 3.8) is 0 Å². The second kappa shape index (κ2) is 6.14. The smallest absolute Gasteiger partial charge is 0.122 e. The summed E-state index contributed by atoms with van der Waals surface area (Å²) < 4.78 is 0. The minimum Gasteiger partial charge on any atom is -0.508 e. The largest absolute Gasteiger partial charge is 0.508 e. The maximum atomic E-state index is 9.76. The molecule has 4 N–H and O–H groups in total. The third kappa shape index (κ3) is 3.41. The van der Waals surface area contributed by atoms with E-state index in [0.29, 0.717) is 12.2 Å². The minimum atomic E-state index is 0.232. The molecular formula is C16H20N2O. The molecule has 0 spiro atoms. The monoisotopic (exact) mass is 256 g/mol. The Morgan fingerprint density at radius 3 is 2.47 bits per heavy atom. The molecule has 0 aromatic heterocycles. The van der Waals surface area contributed by atoms with Gasteiger partial charge in [0.2, 0.25) is 0 Å². The highest BCUT2D eigenvalue weighted by atomic mass is 16.3. The molecule has 3 heteroatoms. The lowest BCUT2D eigenvalue weighted by atomic mass is 10.1. The van der Waals surface area contributed by atoms with Gasteiger partial charge in [0.1, 0.15) is 5.75 Å². The summed E-state index contributed by atoms with van der Waals surface area (Å²) in [4.78, 5) is 0. The fraction of sp³-hybridized carbons (Fsp3) is 0.250. The van der Waals surface area contributed by atoms with Crippen LogP contribution in [-0.2, 0) is 13.0 Å². The number of aromatic hydroxyl groups is 1. The third-order valence-corrected chi connectivity index (χ3v) is 3.15. The van der Waals surface area contributed by atoms with Gasteiger partial charge in [-0.05, 0) is 36.2 Å². The van der Waals surface area contributed by atoms with Crippen LogP contribution in [-0.4, -0.2) is 5.11 Å². The van der Waals surface area contributed by atoms with Crippen molar-refractivity contribution in [2.45, 2.75) is 26.3 Å². The highest BCUT2D eigenvalue weighted by Gasteiger charge is 2.04. The fourth-order valence-electron chi connectivity index (χ4n) is 2.05. The van der Waals surface area contributed by atoms with Gasteiger partial charge in [-0.1, -0.05) is 31.5 Å². The Morgan fingerprint density at radius 1 is 1.11 bits per heavy atom. The third-order valence-electron chi connectivity index (χ3n) is 3.15. The number of hydrogen-bond acceptors (Lipinski definition) is 3. The number of benzene rings is 2. The van der Waals surface area contributed by atoms with Crippen molar-refractivity contribution < 1.29 is 5.11 Å². The molecule has 0 bridgehead atoms. The first-order chi connectivity index (χ1) is 9.20. The normalized spacial score (nSPS) is 10.4. The van der Waals surface area contributed by atoms with E-state index in [1.54, 1.807) is 18.2 Å². The van der Waals surface area contributed by atoms with Gasteiger partial charge >= 0.3 is 0 Å². The molecule has 0 aliphatic rings. The zero-order chi connectivity index (χ0) is 13.7. The molecule has 0 aliphatic carbocycles. The molecule has 2 aromatic rings. The van der Waals surface area contributed by atoms with E-state index < -0.39 is 0 Å². The van der Waals surface area contributed by atoms with Crippen molar-refractivity contribution in [3.8, 4) is 5.75 Å². The summed E-state index contributed by atoms with van der Waals surface area (Å²) in [5.74, 6) is 0.232. The number of nitrogens with two attached hydrogens (primary N) is 1. The van der Waals surface area contributed by atoms with E-state index in [1.807, 2.05) is 0 Å². The predicted molar refractivity (Wildman–Crippen MR) is 80.3 cm³/mol. The molecule has 2 rings (SSSR count). The first-order valence-corrected chi connectivity index (χ1v) is 6.60. The zero-order valence-corrected chi connectivity index (χ0v) is 11.2. The molecule has 0 fully saturated rings. The van der Waals surface area contributed by atoms with Crippen LogP contribution in [0, 0.1) is 0 Å². The summed E-state index contributed by atoms with van der Waals surface area (Å²) in [6.45, 7) is 2.69. The van der Waals surface area contributed by atoms with E-state index in [1.165, 1.54) is 5.56 Å². The van der Waals surface area contributed by atoms with Crippen LogP contribution < -0.4 is 11.1 Å². The number of phenols is 1. The Morgan fingerprint density at radius 2 is 1.84 bits per heavy atom. The lowest BCUT2D eigenvalue weighted by Gasteiger charge is -2.11. The minimum absolute atomic E-state index is 0.232. The maximum Gasteiger partial charge on any atom is 0.122 e. The number of anilines is 2. The van der Waals surface area contributed by atoms with Crippen molar-refractivity contribution in [1.29, 1.82) is 0 Å². The molecule has 0 saturated heterocycles. The molecule has 19 heavy (non-hydrogen) atoms. The van der Waals surface area contributed by atoms with Gasteiger partial charge in [-0.3, -0.25) is 0 Å². The van der Waals surface area contributed by atoms with E-state index in [4.69, 9.17) is 5.73 Å². The average Bonchev–Trinajstić information content (AvgIpc) is 2.40. The Labute approximate surface area is 114 Å². The van der Waals surface area contributed by atoms with Gasteiger partial charge in [-0.15, -0.1) is 0 Å². The van der Waals surface area contributed by atoms with Crippen LogP contribution in [0.4, 0.5) is 11.4 Å². The topological polar surface area (TPSA) is 58.3 Å². The van der Waals surface area contributed by atoms with Gasteiger partial charge < -0.3 is 16.2 Å². The van der Waals surface area contributed by atoms with Gasteiger partial charge in [0.15, 0.2) is 0 Å². The zero-order valence-electron chi connectivity index (χ0n) is 11.2. The van der Waals surface area contributed by atoms with Crippen molar-refractivity contribution in [2.75, 3.05) is 11.1 Å². The Kier molecular flexibility index (Phi) is 4.29. The Bertz CT molecular complexity index is 515. The summed E-state index contributed by atoms with van der Waals surface area (Å²) in [5.41, 5.74) is 9.56. The first-order valence-electron chi connectivity index (χ1n) is 6.60. The standard InChI is InChI=1S/C16H20N2O/c1-2-4-12-7-9-13(10-8-12)18-11-14-15(17)5-3-6-16(14)19/h3,5-10,18-19H,2,4,11,17H2,1H3. The lowest BCUT2D eigenvalue weighted by Crippen LogP contribution is -2.03. The molecule has 0 amide bonds. The van der Waals surface area contributed by atoms with Crippen LogP contribution in [0.25, 0.3) is 0 Å². The summed E-state index contributed by atoms with van der Waals surface area (Å²) >= 11 is 0. The van der Waals surface area contributed by atoms with E-state index in [2.05, 4.69) is 36.5 Å². The number of aryl methyl sites for hydroxylation is 1. The molecule has 0 aliphatic heterocycles. The second-order valence-corrected chi connectivity index (χ2v) is 4.65. The molecule has 0 radical (unpaired) electrons. The number of hydrogen-bond donors (Lipinski definition) is 3. The molecule has 3 nitrogen and oxygen atoms in total. The predicted octanol–water partition coefficient (Wildman–Crippen LogP) is 3.54. The summed E-state index contributed by atoms with van der Waals surface area (Å²) in [6.07, 6.45) is 2.26. The van der Waals surface area contributed by atoms with Crippen LogP contribution in [0.1, 0.15) is 24.5 Å². The second-order valence-electron chi connectivity index (χ2n) is 4.65. The van der Waals surface area contributed by atoms with E-state index >= 15 is 0 Å². The van der Waals surface area contributed by atoms with Crippen molar-refractivity contribution in [2.24, 2.45) is 0 Å². The molecule has 2 aromatic carbocycles. The summed E-state index contributed by atoms with van der Waals surface area (Å²) in [7, 11) is 0.